The summed E-state index contributed by atoms with van der Waals surface area (Å²) in [5.41, 5.74) is 1.11. The van der Waals surface area contributed by atoms with Gasteiger partial charge in [0.2, 0.25) is 17.7 Å². The molecule has 3 amide bonds. The summed E-state index contributed by atoms with van der Waals surface area (Å²) in [6.07, 6.45) is 2.98. The molecule has 2 unspecified atom stereocenters. The molecule has 3 aliphatic heterocycles. The van der Waals surface area contributed by atoms with Gasteiger partial charge in [0.25, 0.3) is 0 Å². The summed E-state index contributed by atoms with van der Waals surface area (Å²) in [5.74, 6) is -2.66. The van der Waals surface area contributed by atoms with Crippen molar-refractivity contribution in [3.05, 3.63) is 78.9 Å². The van der Waals surface area contributed by atoms with Crippen LogP contribution in [0.1, 0.15) is 35.6 Å². The summed E-state index contributed by atoms with van der Waals surface area (Å²) in [5, 5.41) is -0.215. The monoisotopic (exact) mass is 615 g/mol. The van der Waals surface area contributed by atoms with E-state index in [-0.39, 0.29) is 23.2 Å². The first-order chi connectivity index (χ1) is 18.3. The van der Waals surface area contributed by atoms with E-state index >= 15 is 0 Å². The fourth-order valence-corrected chi connectivity index (χ4v) is 8.73. The van der Waals surface area contributed by atoms with Gasteiger partial charge in [-0.05, 0) is 61.2 Å². The lowest BCUT2D eigenvalue weighted by Crippen LogP contribution is -2.39. The lowest BCUT2D eigenvalue weighted by Gasteiger charge is -2.31. The predicted octanol–water partition coefficient (Wildman–Crippen LogP) is 4.62. The Balaban J connectivity index is 1.44. The standard InChI is InChI=1S/C27H23BrFN3O4S2/c28-16-6-4-5-15(13-16)20-21-22(25(35)32(24(21)34)18-9-7-17(29)8-10-18)37-26-23(20)38-27(36)31(26)14-19(33)30-11-2-1-3-12-30/h4-10,13,20-22H,1-3,11-12,14H2/t20-,21?,22?/m1/s1. The van der Waals surface area contributed by atoms with E-state index in [0.717, 1.165) is 45.5 Å². The lowest BCUT2D eigenvalue weighted by atomic mass is 9.83. The third-order valence-electron chi connectivity index (χ3n) is 7.34. The van der Waals surface area contributed by atoms with Crippen LogP contribution in [0.2, 0.25) is 0 Å². The molecular formula is C27H23BrFN3O4S2. The largest absolute Gasteiger partial charge is 0.341 e. The van der Waals surface area contributed by atoms with Crippen molar-refractivity contribution in [2.45, 2.75) is 42.0 Å². The Hall–Kier alpha value is -2.76. The van der Waals surface area contributed by atoms with Crippen molar-refractivity contribution >= 4 is 62.4 Å². The van der Waals surface area contributed by atoms with E-state index in [1.54, 1.807) is 4.90 Å². The molecule has 2 saturated heterocycles. The maximum absolute atomic E-state index is 13.8. The van der Waals surface area contributed by atoms with Crippen LogP contribution in [-0.4, -0.2) is 45.5 Å². The Labute approximate surface area is 234 Å². The Bertz CT molecular complexity index is 1500. The zero-order chi connectivity index (χ0) is 26.6. The van der Waals surface area contributed by atoms with Crippen LogP contribution in [0.15, 0.2) is 62.8 Å². The molecule has 38 heavy (non-hydrogen) atoms. The zero-order valence-electron chi connectivity index (χ0n) is 20.1. The average Bonchev–Trinajstić information content (AvgIpc) is 3.36. The number of likely N-dealkylation sites (tertiary alicyclic amines) is 1. The topological polar surface area (TPSA) is 79.7 Å². The number of carbonyl (C=O) groups is 3. The number of amides is 3. The number of benzene rings is 2. The first-order valence-corrected chi connectivity index (χ1v) is 14.9. The summed E-state index contributed by atoms with van der Waals surface area (Å²) in [6, 6.07) is 12.8. The van der Waals surface area contributed by atoms with E-state index in [1.165, 1.54) is 40.6 Å². The fourth-order valence-electron chi connectivity index (χ4n) is 5.54. The highest BCUT2D eigenvalue weighted by molar-refractivity contribution is 9.10. The van der Waals surface area contributed by atoms with Crippen molar-refractivity contribution in [1.82, 2.24) is 9.47 Å². The Morgan fingerprint density at radius 2 is 1.74 bits per heavy atom. The van der Waals surface area contributed by atoms with E-state index in [0.29, 0.717) is 28.7 Å². The molecule has 0 N–H and O–H groups in total. The molecule has 2 fully saturated rings. The molecule has 0 aliphatic carbocycles. The maximum atomic E-state index is 13.8. The van der Waals surface area contributed by atoms with Crippen molar-refractivity contribution in [3.8, 4) is 0 Å². The number of hydrogen-bond acceptors (Lipinski definition) is 6. The second-order valence-electron chi connectivity index (χ2n) is 9.65. The quantitative estimate of drug-likeness (QED) is 0.400. The number of hydrogen-bond donors (Lipinski definition) is 0. The normalized spacial score (nSPS) is 22.9. The number of carbonyl (C=O) groups excluding carboxylic acids is 3. The summed E-state index contributed by atoms with van der Waals surface area (Å²) < 4.78 is 15.9. The molecule has 3 aromatic rings. The molecule has 196 valence electrons. The number of imide groups is 1. The number of nitrogens with zero attached hydrogens (tertiary/aromatic N) is 3. The number of halogens is 2. The summed E-state index contributed by atoms with van der Waals surface area (Å²) in [6.45, 7) is 1.26. The smallest absolute Gasteiger partial charge is 0.308 e. The molecule has 3 aliphatic rings. The molecule has 0 spiro atoms. The van der Waals surface area contributed by atoms with Gasteiger partial charge in [-0.3, -0.25) is 23.7 Å². The van der Waals surface area contributed by atoms with Crippen molar-refractivity contribution in [2.24, 2.45) is 5.92 Å². The Kier molecular flexibility index (Phi) is 6.77. The highest BCUT2D eigenvalue weighted by Crippen LogP contribution is 2.54. The average molecular weight is 617 g/mol. The van der Waals surface area contributed by atoms with Crippen molar-refractivity contribution in [1.29, 1.82) is 0 Å². The first-order valence-electron chi connectivity index (χ1n) is 12.4. The van der Waals surface area contributed by atoms with E-state index in [4.69, 9.17) is 0 Å². The Morgan fingerprint density at radius 1 is 1.00 bits per heavy atom. The molecule has 11 heteroatoms. The van der Waals surface area contributed by atoms with Crippen molar-refractivity contribution in [3.63, 3.8) is 0 Å². The van der Waals surface area contributed by atoms with Crippen LogP contribution in [0.5, 0.6) is 0 Å². The van der Waals surface area contributed by atoms with Crippen LogP contribution < -0.4 is 9.77 Å². The molecule has 7 nitrogen and oxygen atoms in total. The number of thioether (sulfide) groups is 1. The van der Waals surface area contributed by atoms with Crippen LogP contribution in [0.3, 0.4) is 0 Å². The van der Waals surface area contributed by atoms with E-state index < -0.39 is 28.8 Å². The van der Waals surface area contributed by atoms with Crippen LogP contribution in [-0.2, 0) is 20.9 Å². The van der Waals surface area contributed by atoms with E-state index in [2.05, 4.69) is 15.9 Å². The van der Waals surface area contributed by atoms with Gasteiger partial charge in [-0.25, -0.2) is 9.29 Å². The molecule has 3 atom stereocenters. The summed E-state index contributed by atoms with van der Waals surface area (Å²) in [7, 11) is 0. The third kappa shape index (κ3) is 4.34. The number of fused-ring (bicyclic) bond motifs is 2. The predicted molar refractivity (Wildman–Crippen MR) is 147 cm³/mol. The highest BCUT2D eigenvalue weighted by Gasteiger charge is 2.56. The number of piperidine rings is 1. The molecular weight excluding hydrogens is 593 g/mol. The van der Waals surface area contributed by atoms with E-state index in [1.807, 2.05) is 24.3 Å². The molecule has 2 aromatic carbocycles. The van der Waals surface area contributed by atoms with Gasteiger partial charge < -0.3 is 4.90 Å². The van der Waals surface area contributed by atoms with Crippen LogP contribution in [0.4, 0.5) is 10.1 Å². The minimum atomic E-state index is -0.783. The van der Waals surface area contributed by atoms with Crippen molar-refractivity contribution in [2.75, 3.05) is 18.0 Å². The summed E-state index contributed by atoms with van der Waals surface area (Å²) >= 11 is 5.72. The molecule has 1 aromatic heterocycles. The van der Waals surface area contributed by atoms with Gasteiger partial charge in [0.1, 0.15) is 17.6 Å². The molecule has 6 rings (SSSR count). The third-order valence-corrected chi connectivity index (χ3v) is 10.4. The lowest BCUT2D eigenvalue weighted by molar-refractivity contribution is -0.133. The molecule has 4 heterocycles. The van der Waals surface area contributed by atoms with Gasteiger partial charge in [-0.2, -0.15) is 0 Å². The molecule has 0 bridgehead atoms. The van der Waals surface area contributed by atoms with Gasteiger partial charge in [-0.15, -0.1) is 0 Å². The van der Waals surface area contributed by atoms with Crippen LogP contribution >= 0.6 is 39.0 Å². The van der Waals surface area contributed by atoms with Gasteiger partial charge in [0, 0.05) is 28.4 Å². The first kappa shape index (κ1) is 25.5. The number of rotatable bonds is 4. The SMILES string of the molecule is O=C(Cn1c2c(sc1=O)[C@H](c1cccc(Br)c1)C1C(=O)N(c3ccc(F)cc3)C(=O)C1S2)N1CCCCC1. The molecule has 0 radical (unpaired) electrons. The van der Waals surface area contributed by atoms with Gasteiger partial charge in [0.15, 0.2) is 0 Å². The second kappa shape index (κ2) is 10.1. The van der Waals surface area contributed by atoms with Gasteiger partial charge >= 0.3 is 4.87 Å². The van der Waals surface area contributed by atoms with Crippen LogP contribution in [0, 0.1) is 11.7 Å². The van der Waals surface area contributed by atoms with E-state index in [9.17, 15) is 23.6 Å². The second-order valence-corrected chi connectivity index (χ2v) is 12.7. The zero-order valence-corrected chi connectivity index (χ0v) is 23.4. The number of anilines is 1. The minimum Gasteiger partial charge on any atom is -0.341 e. The molecule has 0 saturated carbocycles. The summed E-state index contributed by atoms with van der Waals surface area (Å²) in [4.78, 5) is 57.2. The number of thiazole rings is 1. The number of aromatic nitrogens is 1. The Morgan fingerprint density at radius 3 is 2.45 bits per heavy atom. The van der Waals surface area contributed by atoms with Crippen LogP contribution in [0.25, 0.3) is 0 Å². The van der Waals surface area contributed by atoms with Gasteiger partial charge in [-0.1, -0.05) is 51.2 Å². The minimum absolute atomic E-state index is 0.0932. The highest BCUT2D eigenvalue weighted by atomic mass is 79.9. The fraction of sp³-hybridized carbons (Fsp3) is 0.333. The van der Waals surface area contributed by atoms with Crippen molar-refractivity contribution < 1.29 is 18.8 Å². The maximum Gasteiger partial charge on any atom is 0.308 e. The van der Waals surface area contributed by atoms with Gasteiger partial charge in [0.05, 0.1) is 16.6 Å².